The molecule has 0 atom stereocenters. The number of carbonyl (C=O) groups is 1. The smallest absolute Gasteiger partial charge is 0.269 e. The first-order chi connectivity index (χ1) is 9.49. The highest BCUT2D eigenvalue weighted by molar-refractivity contribution is 5.94. The number of nitrogens with zero attached hydrogens (tertiary/aromatic N) is 2. The third-order valence-electron chi connectivity index (χ3n) is 4.18. The van der Waals surface area contributed by atoms with Crippen molar-refractivity contribution in [2.75, 3.05) is 7.05 Å². The van der Waals surface area contributed by atoms with Crippen LogP contribution >= 0.6 is 0 Å². The van der Waals surface area contributed by atoms with Crippen molar-refractivity contribution < 1.29 is 9.72 Å². The average Bonchev–Trinajstić information content (AvgIpc) is 2.46. The van der Waals surface area contributed by atoms with E-state index < -0.39 is 4.92 Å². The zero-order chi connectivity index (χ0) is 14.7. The monoisotopic (exact) mass is 276 g/mol. The molecule has 1 fully saturated rings. The molecule has 1 aliphatic carbocycles. The van der Waals surface area contributed by atoms with E-state index >= 15 is 0 Å². The fourth-order valence-electron chi connectivity index (χ4n) is 2.72. The maximum absolute atomic E-state index is 12.4. The number of benzene rings is 1. The second-order valence-corrected chi connectivity index (χ2v) is 5.63. The first-order valence-electron chi connectivity index (χ1n) is 7.00. The van der Waals surface area contributed by atoms with Gasteiger partial charge in [0, 0.05) is 30.8 Å². The van der Waals surface area contributed by atoms with Crippen LogP contribution in [0.15, 0.2) is 24.3 Å². The van der Waals surface area contributed by atoms with Crippen molar-refractivity contribution in [2.45, 2.75) is 38.6 Å². The van der Waals surface area contributed by atoms with Crippen LogP contribution in [0.5, 0.6) is 0 Å². The fourth-order valence-corrected chi connectivity index (χ4v) is 2.72. The second kappa shape index (κ2) is 6.03. The van der Waals surface area contributed by atoms with Gasteiger partial charge >= 0.3 is 0 Å². The number of rotatable bonds is 3. The molecule has 108 valence electrons. The SMILES string of the molecule is CC1CCC(N(C)C(=O)c2ccc([N+](=O)[O-])cc2)CC1. The van der Waals surface area contributed by atoms with Crippen molar-refractivity contribution in [3.8, 4) is 0 Å². The second-order valence-electron chi connectivity index (χ2n) is 5.63. The largest absolute Gasteiger partial charge is 0.339 e. The van der Waals surface area contributed by atoms with Crippen LogP contribution in [-0.2, 0) is 0 Å². The molecule has 0 aliphatic heterocycles. The molecule has 20 heavy (non-hydrogen) atoms. The van der Waals surface area contributed by atoms with Crippen molar-refractivity contribution >= 4 is 11.6 Å². The quantitative estimate of drug-likeness (QED) is 0.629. The Balaban J connectivity index is 2.04. The maximum atomic E-state index is 12.4. The van der Waals surface area contributed by atoms with Crippen LogP contribution in [-0.4, -0.2) is 28.8 Å². The molecule has 0 radical (unpaired) electrons. The van der Waals surface area contributed by atoms with E-state index in [1.807, 2.05) is 7.05 Å². The summed E-state index contributed by atoms with van der Waals surface area (Å²) in [5.41, 5.74) is 0.521. The summed E-state index contributed by atoms with van der Waals surface area (Å²) in [6, 6.07) is 6.10. The van der Waals surface area contributed by atoms with Crippen LogP contribution in [0.1, 0.15) is 43.0 Å². The topological polar surface area (TPSA) is 63.5 Å². The van der Waals surface area contributed by atoms with Crippen LogP contribution in [0, 0.1) is 16.0 Å². The third kappa shape index (κ3) is 3.15. The Kier molecular flexibility index (Phi) is 4.37. The molecular weight excluding hydrogens is 256 g/mol. The highest BCUT2D eigenvalue weighted by Crippen LogP contribution is 2.27. The van der Waals surface area contributed by atoms with Gasteiger partial charge in [0.25, 0.3) is 11.6 Å². The molecule has 1 aliphatic rings. The van der Waals surface area contributed by atoms with Gasteiger partial charge in [-0.3, -0.25) is 14.9 Å². The van der Waals surface area contributed by atoms with Gasteiger partial charge in [0.15, 0.2) is 0 Å². The maximum Gasteiger partial charge on any atom is 0.269 e. The number of non-ortho nitro benzene ring substituents is 1. The minimum absolute atomic E-state index is 0.00990. The van der Waals surface area contributed by atoms with Gasteiger partial charge in [0.05, 0.1) is 4.92 Å². The predicted octanol–water partition coefficient (Wildman–Crippen LogP) is 3.25. The van der Waals surface area contributed by atoms with E-state index in [0.717, 1.165) is 31.6 Å². The van der Waals surface area contributed by atoms with Crippen molar-refractivity contribution in [3.05, 3.63) is 39.9 Å². The van der Waals surface area contributed by atoms with E-state index in [1.54, 1.807) is 4.90 Å². The lowest BCUT2D eigenvalue weighted by Crippen LogP contribution is -2.39. The summed E-state index contributed by atoms with van der Waals surface area (Å²) in [4.78, 5) is 24.3. The lowest BCUT2D eigenvalue weighted by molar-refractivity contribution is -0.384. The zero-order valence-corrected chi connectivity index (χ0v) is 11.9. The van der Waals surface area contributed by atoms with Crippen molar-refractivity contribution in [3.63, 3.8) is 0 Å². The Hall–Kier alpha value is -1.91. The van der Waals surface area contributed by atoms with Gasteiger partial charge in [-0.1, -0.05) is 6.92 Å². The average molecular weight is 276 g/mol. The molecule has 0 aromatic heterocycles. The molecule has 0 saturated heterocycles. The molecular formula is C15H20N2O3. The Labute approximate surface area is 118 Å². The summed E-state index contributed by atoms with van der Waals surface area (Å²) in [6.45, 7) is 2.24. The van der Waals surface area contributed by atoms with Crippen LogP contribution in [0.4, 0.5) is 5.69 Å². The van der Waals surface area contributed by atoms with Crippen LogP contribution < -0.4 is 0 Å². The highest BCUT2D eigenvalue weighted by Gasteiger charge is 2.25. The highest BCUT2D eigenvalue weighted by atomic mass is 16.6. The molecule has 5 heteroatoms. The molecule has 1 aromatic rings. The molecule has 2 rings (SSSR count). The summed E-state index contributed by atoms with van der Waals surface area (Å²) < 4.78 is 0. The van der Waals surface area contributed by atoms with E-state index in [1.165, 1.54) is 24.3 Å². The van der Waals surface area contributed by atoms with E-state index in [2.05, 4.69) is 6.92 Å². The zero-order valence-electron chi connectivity index (χ0n) is 11.9. The number of hydrogen-bond donors (Lipinski definition) is 0. The Morgan fingerprint density at radius 2 is 1.75 bits per heavy atom. The normalized spacial score (nSPS) is 22.3. The van der Waals surface area contributed by atoms with Crippen molar-refractivity contribution in [1.29, 1.82) is 0 Å². The van der Waals surface area contributed by atoms with E-state index in [4.69, 9.17) is 0 Å². The van der Waals surface area contributed by atoms with E-state index in [0.29, 0.717) is 5.56 Å². The first-order valence-corrected chi connectivity index (χ1v) is 7.00. The van der Waals surface area contributed by atoms with Gasteiger partial charge in [-0.2, -0.15) is 0 Å². The number of amides is 1. The summed E-state index contributed by atoms with van der Waals surface area (Å²) in [7, 11) is 1.82. The lowest BCUT2D eigenvalue weighted by atomic mass is 9.86. The van der Waals surface area contributed by atoms with E-state index in [-0.39, 0.29) is 17.6 Å². The molecule has 0 heterocycles. The summed E-state index contributed by atoms with van der Waals surface area (Å²) in [5, 5.41) is 10.6. The molecule has 1 amide bonds. The summed E-state index contributed by atoms with van der Waals surface area (Å²) >= 11 is 0. The van der Waals surface area contributed by atoms with Crippen LogP contribution in [0.3, 0.4) is 0 Å². The van der Waals surface area contributed by atoms with Gasteiger partial charge in [-0.05, 0) is 43.7 Å². The molecule has 1 saturated carbocycles. The van der Waals surface area contributed by atoms with Gasteiger partial charge < -0.3 is 4.90 Å². The molecule has 0 N–H and O–H groups in total. The molecule has 0 spiro atoms. The third-order valence-corrected chi connectivity index (χ3v) is 4.18. The fraction of sp³-hybridized carbons (Fsp3) is 0.533. The predicted molar refractivity (Wildman–Crippen MR) is 76.6 cm³/mol. The lowest BCUT2D eigenvalue weighted by Gasteiger charge is -2.33. The standard InChI is InChI=1S/C15H20N2O3/c1-11-3-7-13(8-4-11)16(2)15(18)12-5-9-14(10-6-12)17(19)20/h5-6,9-11,13H,3-4,7-8H2,1-2H3. The first kappa shape index (κ1) is 14.5. The van der Waals surface area contributed by atoms with E-state index in [9.17, 15) is 14.9 Å². The number of carbonyl (C=O) groups excluding carboxylic acids is 1. The van der Waals surface area contributed by atoms with Gasteiger partial charge in [-0.15, -0.1) is 0 Å². The molecule has 0 bridgehead atoms. The Morgan fingerprint density at radius 1 is 1.20 bits per heavy atom. The molecule has 0 unspecified atom stereocenters. The van der Waals surface area contributed by atoms with Crippen molar-refractivity contribution in [2.24, 2.45) is 5.92 Å². The molecule has 1 aromatic carbocycles. The number of hydrogen-bond acceptors (Lipinski definition) is 3. The number of nitro groups is 1. The minimum Gasteiger partial charge on any atom is -0.339 e. The minimum atomic E-state index is -0.458. The summed E-state index contributed by atoms with van der Waals surface area (Å²) in [6.07, 6.45) is 4.39. The number of nitro benzene ring substituents is 1. The van der Waals surface area contributed by atoms with Gasteiger partial charge in [0.2, 0.25) is 0 Å². The Bertz CT molecular complexity index is 490. The molecule has 5 nitrogen and oxygen atoms in total. The van der Waals surface area contributed by atoms with Gasteiger partial charge in [0.1, 0.15) is 0 Å². The summed E-state index contributed by atoms with van der Waals surface area (Å²) in [5.74, 6) is 0.688. The van der Waals surface area contributed by atoms with Gasteiger partial charge in [-0.25, -0.2) is 0 Å². The van der Waals surface area contributed by atoms with Crippen LogP contribution in [0.2, 0.25) is 0 Å². The van der Waals surface area contributed by atoms with Crippen LogP contribution in [0.25, 0.3) is 0 Å². The van der Waals surface area contributed by atoms with Crippen molar-refractivity contribution in [1.82, 2.24) is 4.90 Å². The Morgan fingerprint density at radius 3 is 2.25 bits per heavy atom.